The number of hydrogen-bond donors (Lipinski definition) is 2. The van der Waals surface area contributed by atoms with Crippen molar-refractivity contribution in [3.8, 4) is 5.75 Å². The van der Waals surface area contributed by atoms with Crippen LogP contribution in [0.15, 0.2) is 9.59 Å². The topological polar surface area (TPSA) is 93.3 Å². The maximum absolute atomic E-state index is 15.5. The first-order valence-corrected chi connectivity index (χ1v) is 10.1. The number of aromatic amines is 1. The molecule has 0 amide bonds. The lowest BCUT2D eigenvalue weighted by atomic mass is 9.98. The first-order chi connectivity index (χ1) is 14.2. The van der Waals surface area contributed by atoms with E-state index in [4.69, 9.17) is 10.5 Å². The van der Waals surface area contributed by atoms with Gasteiger partial charge in [0.05, 0.1) is 18.5 Å². The lowest BCUT2D eigenvalue weighted by molar-refractivity contribution is -0.0146. The number of hydrogen-bond acceptors (Lipinski definition) is 5. The minimum absolute atomic E-state index is 0.0715. The Hall–Kier alpha value is -2.49. The molecule has 30 heavy (non-hydrogen) atoms. The third-order valence-corrected chi connectivity index (χ3v) is 6.89. The van der Waals surface area contributed by atoms with Gasteiger partial charge < -0.3 is 15.4 Å². The summed E-state index contributed by atoms with van der Waals surface area (Å²) in [6.07, 6.45) is 1.21. The first kappa shape index (κ1) is 19.5. The number of methoxy groups -OCH3 is 1. The Morgan fingerprint density at radius 2 is 1.93 bits per heavy atom. The van der Waals surface area contributed by atoms with Crippen LogP contribution < -0.4 is 26.6 Å². The summed E-state index contributed by atoms with van der Waals surface area (Å²) in [4.78, 5) is 29.0. The first-order valence-electron chi connectivity index (χ1n) is 10.1. The van der Waals surface area contributed by atoms with Gasteiger partial charge in [0, 0.05) is 37.0 Å². The average molecular weight is 424 g/mol. The molecule has 0 radical (unpaired) electrons. The van der Waals surface area contributed by atoms with Crippen LogP contribution in [0.4, 0.5) is 18.9 Å². The number of halogens is 3. The summed E-state index contributed by atoms with van der Waals surface area (Å²) in [7, 11) is 1.35. The maximum atomic E-state index is 15.5. The number of aryl methyl sites for hydroxylation is 1. The highest BCUT2D eigenvalue weighted by Crippen LogP contribution is 2.50. The van der Waals surface area contributed by atoms with Crippen LogP contribution in [0.3, 0.4) is 0 Å². The third kappa shape index (κ3) is 2.55. The fraction of sp³-hybridized carbons (Fsp3) is 0.600. The number of ether oxygens (including phenoxy) is 1. The lowest BCUT2D eigenvalue weighted by Crippen LogP contribution is -2.42. The van der Waals surface area contributed by atoms with E-state index in [1.807, 2.05) is 0 Å². The second kappa shape index (κ2) is 6.26. The van der Waals surface area contributed by atoms with Crippen LogP contribution in [0.1, 0.15) is 30.9 Å². The number of anilines is 1. The zero-order chi connectivity index (χ0) is 21.5. The molecule has 3 atom stereocenters. The van der Waals surface area contributed by atoms with Crippen molar-refractivity contribution in [3.05, 3.63) is 32.2 Å². The molecule has 7 nitrogen and oxygen atoms in total. The van der Waals surface area contributed by atoms with Crippen molar-refractivity contribution >= 4 is 16.6 Å². The second-order valence-electron chi connectivity index (χ2n) is 8.72. The summed E-state index contributed by atoms with van der Waals surface area (Å²) in [5.41, 5.74) is 5.01. The number of nitrogens with one attached hydrogen (secondary N) is 1. The molecule has 2 aromatic rings. The summed E-state index contributed by atoms with van der Waals surface area (Å²) in [6, 6.07) is -1.37. The predicted molar refractivity (Wildman–Crippen MR) is 105 cm³/mol. The molecule has 2 aliphatic carbocycles. The van der Waals surface area contributed by atoms with Gasteiger partial charge in [-0.25, -0.2) is 18.0 Å². The molecule has 162 valence electrons. The van der Waals surface area contributed by atoms with Crippen molar-refractivity contribution in [1.82, 2.24) is 9.55 Å². The smallest absolute Gasteiger partial charge is 0.329 e. The van der Waals surface area contributed by atoms with Crippen molar-refractivity contribution < 1.29 is 17.9 Å². The Bertz CT molecular complexity index is 1170. The van der Waals surface area contributed by atoms with E-state index in [0.29, 0.717) is 0 Å². The van der Waals surface area contributed by atoms with Crippen molar-refractivity contribution in [1.29, 1.82) is 0 Å². The summed E-state index contributed by atoms with van der Waals surface area (Å²) in [5.74, 6) is -4.32. The van der Waals surface area contributed by atoms with Gasteiger partial charge >= 0.3 is 5.69 Å². The van der Waals surface area contributed by atoms with Crippen molar-refractivity contribution in [2.24, 2.45) is 17.6 Å². The number of rotatable bonds is 3. The fourth-order valence-electron chi connectivity index (χ4n) is 5.28. The van der Waals surface area contributed by atoms with Crippen LogP contribution in [-0.2, 0) is 0 Å². The zero-order valence-electron chi connectivity index (χ0n) is 16.7. The quantitative estimate of drug-likeness (QED) is 0.785. The molecule has 2 heterocycles. The Balaban J connectivity index is 1.73. The Morgan fingerprint density at radius 3 is 2.53 bits per heavy atom. The van der Waals surface area contributed by atoms with Crippen LogP contribution in [0.25, 0.3) is 10.9 Å². The van der Waals surface area contributed by atoms with E-state index in [-0.39, 0.29) is 59.4 Å². The molecule has 3 N–H and O–H groups in total. The molecule has 1 aliphatic heterocycles. The third-order valence-electron chi connectivity index (χ3n) is 6.89. The van der Waals surface area contributed by atoms with Gasteiger partial charge in [0.25, 0.3) is 11.5 Å². The number of aromatic nitrogens is 2. The summed E-state index contributed by atoms with van der Waals surface area (Å²) in [6.45, 7) is 1.86. The standard InChI is InChI=1S/C20H23F3N4O3/c1-8-12-14(27(10-3-4-10)19(29)25-18(12)28)16(30-2)15(13(8)21)26-6-9-5-20(22,23)17(24)11(9)7-26/h9-11,17H,3-7,24H2,1-2H3,(H,25,28,29). The zero-order valence-corrected chi connectivity index (χ0v) is 16.7. The molecular formula is C20H23F3N4O3. The number of H-pyrrole nitrogens is 1. The highest BCUT2D eigenvalue weighted by molar-refractivity contribution is 5.93. The molecule has 10 heteroatoms. The number of nitrogens with two attached hydrogens (primary N) is 1. The van der Waals surface area contributed by atoms with E-state index in [1.165, 1.54) is 18.6 Å². The van der Waals surface area contributed by atoms with Crippen LogP contribution >= 0.6 is 0 Å². The van der Waals surface area contributed by atoms with E-state index in [1.54, 1.807) is 4.90 Å². The van der Waals surface area contributed by atoms with Gasteiger partial charge in [-0.15, -0.1) is 0 Å². The molecule has 1 aromatic heterocycles. The Kier molecular flexibility index (Phi) is 4.06. The highest BCUT2D eigenvalue weighted by atomic mass is 19.3. The molecule has 3 unspecified atom stereocenters. The SMILES string of the molecule is COc1c(N2CC3CC(F)(F)C(N)C3C2)c(F)c(C)c2c(=O)[nH]c(=O)n(C3CC3)c12. The number of nitrogens with zero attached hydrogens (tertiary/aromatic N) is 2. The number of fused-ring (bicyclic) bond motifs is 2. The minimum Gasteiger partial charge on any atom is -0.492 e. The Morgan fingerprint density at radius 1 is 1.23 bits per heavy atom. The minimum atomic E-state index is -2.93. The van der Waals surface area contributed by atoms with Crippen LogP contribution in [0.2, 0.25) is 0 Å². The van der Waals surface area contributed by atoms with E-state index >= 15 is 4.39 Å². The van der Waals surface area contributed by atoms with E-state index in [0.717, 1.165) is 12.8 Å². The van der Waals surface area contributed by atoms with Gasteiger partial charge in [-0.1, -0.05) is 0 Å². The van der Waals surface area contributed by atoms with E-state index < -0.39 is 34.9 Å². The molecule has 2 saturated carbocycles. The highest BCUT2D eigenvalue weighted by Gasteiger charge is 2.57. The van der Waals surface area contributed by atoms with Crippen molar-refractivity contribution in [2.45, 2.75) is 44.2 Å². The average Bonchev–Trinajstić information content (AvgIpc) is 3.38. The van der Waals surface area contributed by atoms with E-state index in [2.05, 4.69) is 4.98 Å². The van der Waals surface area contributed by atoms with E-state index in [9.17, 15) is 18.4 Å². The molecule has 0 bridgehead atoms. The predicted octanol–water partition coefficient (Wildman–Crippen LogP) is 1.90. The maximum Gasteiger partial charge on any atom is 0.329 e. The van der Waals surface area contributed by atoms with Gasteiger partial charge in [-0.3, -0.25) is 14.3 Å². The molecule has 3 fully saturated rings. The van der Waals surface area contributed by atoms with Crippen molar-refractivity contribution in [3.63, 3.8) is 0 Å². The second-order valence-corrected chi connectivity index (χ2v) is 8.72. The van der Waals surface area contributed by atoms with Crippen molar-refractivity contribution in [2.75, 3.05) is 25.1 Å². The Labute approximate surface area is 169 Å². The molecule has 3 aliphatic rings. The molecular weight excluding hydrogens is 401 g/mol. The van der Waals surface area contributed by atoms with Gasteiger partial charge in [-0.05, 0) is 25.7 Å². The lowest BCUT2D eigenvalue weighted by Gasteiger charge is -2.27. The van der Waals surface area contributed by atoms with Gasteiger partial charge in [-0.2, -0.15) is 0 Å². The largest absolute Gasteiger partial charge is 0.492 e. The van der Waals surface area contributed by atoms with Crippen LogP contribution in [-0.4, -0.2) is 41.7 Å². The fourth-order valence-corrected chi connectivity index (χ4v) is 5.28. The molecule has 0 spiro atoms. The molecule has 5 rings (SSSR count). The van der Waals surface area contributed by atoms with Crippen LogP contribution in [0, 0.1) is 24.6 Å². The normalized spacial score (nSPS) is 27.7. The van der Waals surface area contributed by atoms with Gasteiger partial charge in [0.1, 0.15) is 11.2 Å². The van der Waals surface area contributed by atoms with Crippen LogP contribution in [0.5, 0.6) is 5.75 Å². The summed E-state index contributed by atoms with van der Waals surface area (Å²) in [5, 5.41) is 0.0715. The number of benzene rings is 1. The number of alkyl halides is 2. The van der Waals surface area contributed by atoms with Gasteiger partial charge in [0.2, 0.25) is 0 Å². The summed E-state index contributed by atoms with van der Waals surface area (Å²) < 4.78 is 50.6. The molecule has 1 saturated heterocycles. The van der Waals surface area contributed by atoms with Gasteiger partial charge in [0.15, 0.2) is 11.6 Å². The molecule has 1 aromatic carbocycles. The summed E-state index contributed by atoms with van der Waals surface area (Å²) >= 11 is 0. The monoisotopic (exact) mass is 424 g/mol.